The third-order valence-electron chi connectivity index (χ3n) is 3.07. The molecule has 0 spiro atoms. The normalized spacial score (nSPS) is 11.8. The molecule has 2 heteroatoms. The van der Waals surface area contributed by atoms with Crippen LogP contribution in [0.25, 0.3) is 0 Å². The van der Waals surface area contributed by atoms with E-state index >= 15 is 0 Å². The van der Waals surface area contributed by atoms with E-state index in [0.717, 1.165) is 5.56 Å². The number of hydrogen-bond acceptors (Lipinski definition) is 2. The lowest BCUT2D eigenvalue weighted by Crippen LogP contribution is -2.16. The van der Waals surface area contributed by atoms with Crippen LogP contribution in [0.15, 0.2) is 60.7 Å². The summed E-state index contributed by atoms with van der Waals surface area (Å²) in [4.78, 5) is 23.9. The zero-order valence-corrected chi connectivity index (χ0v) is 10.9. The first-order chi connectivity index (χ1) is 9.18. The van der Waals surface area contributed by atoms with Crippen LogP contribution in [0.2, 0.25) is 0 Å². The number of carbonyl (C=O) groups is 2. The molecule has 0 bridgehead atoms. The summed E-state index contributed by atoms with van der Waals surface area (Å²) >= 11 is 0. The number of hydrogen-bond donors (Lipinski definition) is 0. The Morgan fingerprint density at radius 2 is 1.42 bits per heavy atom. The molecule has 2 aromatic carbocycles. The Labute approximate surface area is 113 Å². The fourth-order valence-electron chi connectivity index (χ4n) is 2.14. The van der Waals surface area contributed by atoms with Gasteiger partial charge in [0, 0.05) is 12.0 Å². The lowest BCUT2D eigenvalue weighted by atomic mass is 9.87. The minimum atomic E-state index is -0.388. The maximum absolute atomic E-state index is 12.5. The third kappa shape index (κ3) is 3.38. The van der Waals surface area contributed by atoms with Crippen LogP contribution in [0, 0.1) is 0 Å². The van der Waals surface area contributed by atoms with E-state index in [4.69, 9.17) is 0 Å². The van der Waals surface area contributed by atoms with E-state index in [0.29, 0.717) is 5.56 Å². The number of Topliss-reactive ketones (excluding diaryl/α,β-unsaturated/α-hetero) is 2. The third-order valence-corrected chi connectivity index (χ3v) is 3.07. The Bertz CT molecular complexity index is 558. The van der Waals surface area contributed by atoms with E-state index in [1.54, 1.807) is 12.1 Å². The molecule has 0 aliphatic heterocycles. The Hall–Kier alpha value is -2.22. The van der Waals surface area contributed by atoms with Crippen LogP contribution in [-0.4, -0.2) is 11.6 Å². The quantitative estimate of drug-likeness (QED) is 0.761. The molecule has 0 aliphatic carbocycles. The van der Waals surface area contributed by atoms with Gasteiger partial charge in [-0.25, -0.2) is 0 Å². The second kappa shape index (κ2) is 6.10. The molecule has 0 saturated heterocycles. The predicted molar refractivity (Wildman–Crippen MR) is 75.3 cm³/mol. The predicted octanol–water partition coefficient (Wildman–Crippen LogP) is 3.63. The van der Waals surface area contributed by atoms with Gasteiger partial charge >= 0.3 is 0 Å². The average molecular weight is 252 g/mol. The van der Waals surface area contributed by atoms with E-state index in [1.165, 1.54) is 6.92 Å². The molecule has 2 nitrogen and oxygen atoms in total. The van der Waals surface area contributed by atoms with Gasteiger partial charge in [0.25, 0.3) is 0 Å². The smallest absolute Gasteiger partial charge is 0.170 e. The van der Waals surface area contributed by atoms with Crippen molar-refractivity contribution in [3.63, 3.8) is 0 Å². The highest BCUT2D eigenvalue weighted by atomic mass is 16.1. The molecule has 0 fully saturated rings. The molecule has 19 heavy (non-hydrogen) atoms. The van der Waals surface area contributed by atoms with E-state index in [2.05, 4.69) is 0 Å². The summed E-state index contributed by atoms with van der Waals surface area (Å²) in [7, 11) is 0. The molecule has 0 amide bonds. The summed E-state index contributed by atoms with van der Waals surface area (Å²) in [5.74, 6) is -0.360. The van der Waals surface area contributed by atoms with Crippen molar-refractivity contribution < 1.29 is 9.59 Å². The van der Waals surface area contributed by atoms with Gasteiger partial charge in [0.1, 0.15) is 5.78 Å². The molecular formula is C17H16O2. The minimum absolute atomic E-state index is 0.00185. The van der Waals surface area contributed by atoms with Crippen LogP contribution in [0.5, 0.6) is 0 Å². The van der Waals surface area contributed by atoms with Gasteiger partial charge in [-0.05, 0) is 12.5 Å². The van der Waals surface area contributed by atoms with Crippen LogP contribution in [0.1, 0.15) is 35.2 Å². The monoisotopic (exact) mass is 252 g/mol. The molecule has 0 unspecified atom stereocenters. The summed E-state index contributed by atoms with van der Waals surface area (Å²) in [6.07, 6.45) is 0.248. The molecule has 0 N–H and O–H groups in total. The molecule has 2 aromatic rings. The Balaban J connectivity index is 2.33. The van der Waals surface area contributed by atoms with Crippen LogP contribution in [0.4, 0.5) is 0 Å². The average Bonchev–Trinajstić information content (AvgIpc) is 2.46. The maximum atomic E-state index is 12.5. The SMILES string of the molecule is CC(=O)C[C@@H](C(=O)c1ccccc1)c1ccccc1. The molecule has 1 atom stereocenters. The molecule has 0 aliphatic rings. The van der Waals surface area contributed by atoms with Gasteiger partial charge in [-0.2, -0.15) is 0 Å². The van der Waals surface area contributed by atoms with Gasteiger partial charge in [0.15, 0.2) is 5.78 Å². The fourth-order valence-corrected chi connectivity index (χ4v) is 2.14. The van der Waals surface area contributed by atoms with Crippen LogP contribution in [0.3, 0.4) is 0 Å². The van der Waals surface area contributed by atoms with Crippen molar-refractivity contribution in [2.24, 2.45) is 0 Å². The molecule has 2 rings (SSSR count). The summed E-state index contributed by atoms with van der Waals surface area (Å²) in [5, 5.41) is 0. The number of ketones is 2. The van der Waals surface area contributed by atoms with Gasteiger partial charge in [0.2, 0.25) is 0 Å². The number of benzene rings is 2. The van der Waals surface area contributed by atoms with Crippen LogP contribution < -0.4 is 0 Å². The van der Waals surface area contributed by atoms with Crippen molar-refractivity contribution in [2.45, 2.75) is 19.3 Å². The fraction of sp³-hybridized carbons (Fsp3) is 0.176. The zero-order valence-electron chi connectivity index (χ0n) is 10.9. The van der Waals surface area contributed by atoms with Crippen molar-refractivity contribution in [3.05, 3.63) is 71.8 Å². The summed E-state index contributed by atoms with van der Waals surface area (Å²) in [6.45, 7) is 1.52. The number of rotatable bonds is 5. The highest BCUT2D eigenvalue weighted by Gasteiger charge is 2.23. The molecular weight excluding hydrogens is 236 g/mol. The lowest BCUT2D eigenvalue weighted by molar-refractivity contribution is -0.117. The van der Waals surface area contributed by atoms with Gasteiger partial charge in [-0.1, -0.05) is 60.7 Å². The highest BCUT2D eigenvalue weighted by Crippen LogP contribution is 2.24. The second-order valence-electron chi connectivity index (χ2n) is 4.60. The van der Waals surface area contributed by atoms with E-state index in [9.17, 15) is 9.59 Å². The molecule has 0 saturated carbocycles. The first-order valence-corrected chi connectivity index (χ1v) is 6.32. The van der Waals surface area contributed by atoms with Crippen molar-refractivity contribution in [3.8, 4) is 0 Å². The minimum Gasteiger partial charge on any atom is -0.300 e. The van der Waals surface area contributed by atoms with Gasteiger partial charge in [-0.3, -0.25) is 9.59 Å². The Kier molecular flexibility index (Phi) is 4.24. The highest BCUT2D eigenvalue weighted by molar-refractivity contribution is 6.03. The van der Waals surface area contributed by atoms with E-state index in [1.807, 2.05) is 48.5 Å². The summed E-state index contributed by atoms with van der Waals surface area (Å²) in [5.41, 5.74) is 1.55. The molecule has 0 heterocycles. The number of carbonyl (C=O) groups excluding carboxylic acids is 2. The lowest BCUT2D eigenvalue weighted by Gasteiger charge is -2.15. The van der Waals surface area contributed by atoms with Crippen LogP contribution in [-0.2, 0) is 4.79 Å². The van der Waals surface area contributed by atoms with E-state index < -0.39 is 0 Å². The Morgan fingerprint density at radius 3 is 1.95 bits per heavy atom. The van der Waals surface area contributed by atoms with Crippen molar-refractivity contribution >= 4 is 11.6 Å². The topological polar surface area (TPSA) is 34.1 Å². The van der Waals surface area contributed by atoms with E-state index in [-0.39, 0.29) is 23.9 Å². The standard InChI is InChI=1S/C17H16O2/c1-13(18)12-16(14-8-4-2-5-9-14)17(19)15-10-6-3-7-11-15/h2-11,16H,12H2,1H3/t16-/m1/s1. The largest absolute Gasteiger partial charge is 0.300 e. The first kappa shape index (κ1) is 13.2. The van der Waals surface area contributed by atoms with Gasteiger partial charge in [-0.15, -0.1) is 0 Å². The first-order valence-electron chi connectivity index (χ1n) is 6.32. The molecule has 96 valence electrons. The van der Waals surface area contributed by atoms with Gasteiger partial charge < -0.3 is 0 Å². The Morgan fingerprint density at radius 1 is 0.895 bits per heavy atom. The summed E-state index contributed by atoms with van der Waals surface area (Å²) < 4.78 is 0. The van der Waals surface area contributed by atoms with Crippen molar-refractivity contribution in [1.29, 1.82) is 0 Å². The van der Waals surface area contributed by atoms with Gasteiger partial charge in [0.05, 0.1) is 5.92 Å². The van der Waals surface area contributed by atoms with Crippen molar-refractivity contribution in [2.75, 3.05) is 0 Å². The molecule has 0 radical (unpaired) electrons. The summed E-state index contributed by atoms with van der Waals surface area (Å²) in [6, 6.07) is 18.6. The maximum Gasteiger partial charge on any atom is 0.170 e. The molecule has 0 aromatic heterocycles. The van der Waals surface area contributed by atoms with Crippen LogP contribution >= 0.6 is 0 Å². The van der Waals surface area contributed by atoms with Crippen molar-refractivity contribution in [1.82, 2.24) is 0 Å². The second-order valence-corrected chi connectivity index (χ2v) is 4.60. The zero-order chi connectivity index (χ0) is 13.7.